The van der Waals surface area contributed by atoms with Crippen molar-refractivity contribution in [2.75, 3.05) is 0 Å². The maximum atomic E-state index is 12.3. The van der Waals surface area contributed by atoms with Crippen molar-refractivity contribution in [3.05, 3.63) is 66.2 Å². The number of amides is 1. The summed E-state index contributed by atoms with van der Waals surface area (Å²) in [7, 11) is 0. The van der Waals surface area contributed by atoms with Gasteiger partial charge in [0.2, 0.25) is 0 Å². The van der Waals surface area contributed by atoms with Crippen LogP contribution in [0.1, 0.15) is 41.7 Å². The lowest BCUT2D eigenvalue weighted by Crippen LogP contribution is -2.42. The first kappa shape index (κ1) is 15.8. The van der Waals surface area contributed by atoms with Gasteiger partial charge >= 0.3 is 0 Å². The van der Waals surface area contributed by atoms with E-state index in [2.05, 4.69) is 10.3 Å². The van der Waals surface area contributed by atoms with Crippen molar-refractivity contribution in [1.29, 1.82) is 0 Å². The number of furan rings is 1. The topological polar surface area (TPSA) is 75.4 Å². The monoisotopic (exact) mass is 336 g/mol. The summed E-state index contributed by atoms with van der Waals surface area (Å²) in [5.41, 5.74) is 1.09. The van der Waals surface area contributed by atoms with Crippen LogP contribution in [0.5, 0.6) is 0 Å². The number of aromatic nitrogens is 1. The Hall–Kier alpha value is -2.66. The molecule has 5 nitrogen and oxygen atoms in total. The second-order valence-electron chi connectivity index (χ2n) is 6.64. The summed E-state index contributed by atoms with van der Waals surface area (Å²) >= 11 is 0. The Morgan fingerprint density at radius 1 is 1.16 bits per heavy atom. The summed E-state index contributed by atoms with van der Waals surface area (Å²) in [6, 6.07) is 12.9. The Kier molecular flexibility index (Phi) is 4.01. The van der Waals surface area contributed by atoms with E-state index in [0.717, 1.165) is 11.0 Å². The standard InChI is InChI=1S/C20H20N2O3/c23-19(14-4-2-1-3-5-14)22-15-6-10-20(24,11-7-15)18-16-9-13-25-17(16)8-12-21-18/h1-5,8-9,12-13,15,24H,6-7,10-11H2,(H,22,23). The molecule has 1 aliphatic carbocycles. The Balaban J connectivity index is 1.46. The third-order valence-corrected chi connectivity index (χ3v) is 5.00. The second-order valence-corrected chi connectivity index (χ2v) is 6.64. The molecule has 2 N–H and O–H groups in total. The molecule has 0 aliphatic heterocycles. The Morgan fingerprint density at radius 3 is 2.68 bits per heavy atom. The fraction of sp³-hybridized carbons (Fsp3) is 0.300. The van der Waals surface area contributed by atoms with E-state index in [0.29, 0.717) is 36.9 Å². The van der Waals surface area contributed by atoms with E-state index in [9.17, 15) is 9.90 Å². The molecule has 2 heterocycles. The Morgan fingerprint density at radius 2 is 1.92 bits per heavy atom. The van der Waals surface area contributed by atoms with Gasteiger partial charge in [0.25, 0.3) is 5.91 Å². The van der Waals surface area contributed by atoms with Crippen LogP contribution < -0.4 is 5.32 Å². The van der Waals surface area contributed by atoms with Crippen LogP contribution in [0.2, 0.25) is 0 Å². The van der Waals surface area contributed by atoms with E-state index in [4.69, 9.17) is 4.42 Å². The maximum absolute atomic E-state index is 12.3. The molecule has 128 valence electrons. The molecule has 0 radical (unpaired) electrons. The SMILES string of the molecule is O=C(NC1CCC(O)(c2nccc3occc23)CC1)c1ccccc1. The predicted molar refractivity (Wildman–Crippen MR) is 94.1 cm³/mol. The summed E-state index contributed by atoms with van der Waals surface area (Å²) in [6.07, 6.45) is 5.83. The average Bonchev–Trinajstić information content (AvgIpc) is 3.13. The van der Waals surface area contributed by atoms with E-state index in [1.54, 1.807) is 30.7 Å². The van der Waals surface area contributed by atoms with Gasteiger partial charge in [0, 0.05) is 23.2 Å². The summed E-state index contributed by atoms with van der Waals surface area (Å²) < 4.78 is 5.41. The number of fused-ring (bicyclic) bond motifs is 1. The lowest BCUT2D eigenvalue weighted by atomic mass is 9.79. The smallest absolute Gasteiger partial charge is 0.251 e. The number of carbonyl (C=O) groups is 1. The zero-order valence-electron chi connectivity index (χ0n) is 13.8. The van der Waals surface area contributed by atoms with Crippen LogP contribution in [0.15, 0.2) is 59.3 Å². The van der Waals surface area contributed by atoms with Crippen LogP contribution in [0, 0.1) is 0 Å². The van der Waals surface area contributed by atoms with Crippen molar-refractivity contribution in [1.82, 2.24) is 10.3 Å². The highest BCUT2D eigenvalue weighted by Crippen LogP contribution is 2.39. The van der Waals surface area contributed by atoms with Crippen LogP contribution in [-0.4, -0.2) is 22.0 Å². The number of nitrogens with zero attached hydrogens (tertiary/aromatic N) is 1. The molecule has 1 saturated carbocycles. The lowest BCUT2D eigenvalue weighted by Gasteiger charge is -2.36. The fourth-order valence-corrected chi connectivity index (χ4v) is 3.60. The van der Waals surface area contributed by atoms with Crippen LogP contribution in [-0.2, 0) is 5.60 Å². The van der Waals surface area contributed by atoms with Gasteiger partial charge in [0.1, 0.15) is 11.2 Å². The minimum Gasteiger partial charge on any atom is -0.464 e. The molecular formula is C20H20N2O3. The quantitative estimate of drug-likeness (QED) is 0.769. The summed E-state index contributed by atoms with van der Waals surface area (Å²) in [5.74, 6) is -0.0638. The minimum atomic E-state index is -0.975. The van der Waals surface area contributed by atoms with Crippen molar-refractivity contribution in [2.24, 2.45) is 0 Å². The van der Waals surface area contributed by atoms with E-state index < -0.39 is 5.60 Å². The minimum absolute atomic E-state index is 0.0638. The molecule has 1 amide bonds. The highest BCUT2D eigenvalue weighted by Gasteiger charge is 2.37. The molecule has 25 heavy (non-hydrogen) atoms. The molecule has 0 saturated heterocycles. The van der Waals surface area contributed by atoms with Crippen LogP contribution in [0.4, 0.5) is 0 Å². The fourth-order valence-electron chi connectivity index (χ4n) is 3.60. The predicted octanol–water partition coefficient (Wildman–Crippen LogP) is 3.39. The molecule has 2 aromatic heterocycles. The van der Waals surface area contributed by atoms with Crippen LogP contribution >= 0.6 is 0 Å². The summed E-state index contributed by atoms with van der Waals surface area (Å²) in [6.45, 7) is 0. The third-order valence-electron chi connectivity index (χ3n) is 5.00. The molecule has 5 heteroatoms. The zero-order valence-corrected chi connectivity index (χ0v) is 13.8. The van der Waals surface area contributed by atoms with E-state index >= 15 is 0 Å². The molecular weight excluding hydrogens is 316 g/mol. The molecule has 4 rings (SSSR count). The number of aliphatic hydroxyl groups is 1. The van der Waals surface area contributed by atoms with E-state index in [1.165, 1.54) is 0 Å². The number of carbonyl (C=O) groups excluding carboxylic acids is 1. The Labute approximate surface area is 145 Å². The van der Waals surface area contributed by atoms with Gasteiger partial charge in [-0.1, -0.05) is 18.2 Å². The first-order valence-electron chi connectivity index (χ1n) is 8.57. The molecule has 0 spiro atoms. The summed E-state index contributed by atoms with van der Waals surface area (Å²) in [4.78, 5) is 16.7. The number of rotatable bonds is 3. The molecule has 0 unspecified atom stereocenters. The van der Waals surface area contributed by atoms with E-state index in [-0.39, 0.29) is 11.9 Å². The molecule has 3 aromatic rings. The van der Waals surface area contributed by atoms with Gasteiger partial charge in [0.05, 0.1) is 12.0 Å². The molecule has 0 atom stereocenters. The normalized spacial score (nSPS) is 23.5. The van der Waals surface area contributed by atoms with E-state index in [1.807, 2.05) is 24.3 Å². The first-order chi connectivity index (χ1) is 12.2. The zero-order chi connectivity index (χ0) is 17.3. The molecule has 1 aliphatic rings. The van der Waals surface area contributed by atoms with Crippen LogP contribution in [0.3, 0.4) is 0 Å². The highest BCUT2D eigenvalue weighted by atomic mass is 16.3. The van der Waals surface area contributed by atoms with Crippen molar-refractivity contribution >= 4 is 16.9 Å². The van der Waals surface area contributed by atoms with Gasteiger partial charge in [-0.2, -0.15) is 0 Å². The largest absolute Gasteiger partial charge is 0.464 e. The van der Waals surface area contributed by atoms with Gasteiger partial charge in [-0.05, 0) is 49.9 Å². The van der Waals surface area contributed by atoms with Crippen molar-refractivity contribution in [3.8, 4) is 0 Å². The van der Waals surface area contributed by atoms with Crippen molar-refractivity contribution in [2.45, 2.75) is 37.3 Å². The van der Waals surface area contributed by atoms with Gasteiger partial charge in [-0.25, -0.2) is 0 Å². The number of hydrogen-bond acceptors (Lipinski definition) is 4. The summed E-state index contributed by atoms with van der Waals surface area (Å²) in [5, 5.41) is 15.0. The molecule has 1 aromatic carbocycles. The first-order valence-corrected chi connectivity index (χ1v) is 8.57. The van der Waals surface area contributed by atoms with Crippen LogP contribution in [0.25, 0.3) is 11.0 Å². The highest BCUT2D eigenvalue weighted by molar-refractivity contribution is 5.94. The Bertz CT molecular complexity index is 880. The molecule has 0 bridgehead atoms. The number of benzene rings is 1. The van der Waals surface area contributed by atoms with Gasteiger partial charge in [0.15, 0.2) is 0 Å². The molecule has 1 fully saturated rings. The third kappa shape index (κ3) is 3.03. The van der Waals surface area contributed by atoms with Gasteiger partial charge in [-0.3, -0.25) is 9.78 Å². The number of pyridine rings is 1. The second kappa shape index (κ2) is 6.33. The maximum Gasteiger partial charge on any atom is 0.251 e. The number of nitrogens with one attached hydrogen (secondary N) is 1. The van der Waals surface area contributed by atoms with Crippen molar-refractivity contribution in [3.63, 3.8) is 0 Å². The number of hydrogen-bond donors (Lipinski definition) is 2. The van der Waals surface area contributed by atoms with Gasteiger partial charge in [-0.15, -0.1) is 0 Å². The van der Waals surface area contributed by atoms with Crippen molar-refractivity contribution < 1.29 is 14.3 Å². The lowest BCUT2D eigenvalue weighted by molar-refractivity contribution is -0.0104. The average molecular weight is 336 g/mol. The van der Waals surface area contributed by atoms with Gasteiger partial charge < -0.3 is 14.8 Å².